The summed E-state index contributed by atoms with van der Waals surface area (Å²) in [7, 11) is 0. The first-order valence-electron chi connectivity index (χ1n) is 7.88. The lowest BCUT2D eigenvalue weighted by Gasteiger charge is -2.09. The molecule has 0 saturated carbocycles. The van der Waals surface area contributed by atoms with Gasteiger partial charge in [-0.05, 0) is 24.3 Å². The molecule has 0 aliphatic heterocycles. The molecule has 10 heteroatoms. The molecule has 0 saturated heterocycles. The Labute approximate surface area is 152 Å². The van der Waals surface area contributed by atoms with E-state index in [4.69, 9.17) is 4.42 Å². The molecule has 3 amide bonds. The van der Waals surface area contributed by atoms with Crippen LogP contribution < -0.4 is 21.7 Å². The molecule has 0 bridgehead atoms. The summed E-state index contributed by atoms with van der Waals surface area (Å²) in [5, 5.41) is 2.70. The number of hydrazine groups is 1. The SMILES string of the molecule is O=C(Cn1cnc2ccccc2c1=O)NNC(=O)C(=O)NCc1ccco1. The van der Waals surface area contributed by atoms with E-state index in [1.54, 1.807) is 36.4 Å². The molecular formula is C17H15N5O5. The van der Waals surface area contributed by atoms with Gasteiger partial charge in [0.05, 0.1) is 30.0 Å². The van der Waals surface area contributed by atoms with Crippen LogP contribution in [-0.4, -0.2) is 27.3 Å². The minimum Gasteiger partial charge on any atom is -0.467 e. The van der Waals surface area contributed by atoms with Crippen LogP contribution in [-0.2, 0) is 27.5 Å². The van der Waals surface area contributed by atoms with Crippen molar-refractivity contribution in [1.29, 1.82) is 0 Å². The largest absolute Gasteiger partial charge is 0.467 e. The first kappa shape index (κ1) is 17.9. The summed E-state index contributed by atoms with van der Waals surface area (Å²) in [6.45, 7) is -0.337. The van der Waals surface area contributed by atoms with Gasteiger partial charge in [0.25, 0.3) is 11.5 Å². The molecule has 0 radical (unpaired) electrons. The van der Waals surface area contributed by atoms with E-state index < -0.39 is 23.3 Å². The first-order chi connectivity index (χ1) is 13.0. The average molecular weight is 369 g/mol. The highest BCUT2D eigenvalue weighted by molar-refractivity contribution is 6.35. The van der Waals surface area contributed by atoms with Gasteiger partial charge in [-0.1, -0.05) is 12.1 Å². The summed E-state index contributed by atoms with van der Waals surface area (Å²) in [6.07, 6.45) is 2.67. The van der Waals surface area contributed by atoms with Crippen LogP contribution in [0.2, 0.25) is 0 Å². The summed E-state index contributed by atoms with van der Waals surface area (Å²) < 4.78 is 6.11. The number of furan rings is 1. The Bertz CT molecular complexity index is 1040. The predicted molar refractivity (Wildman–Crippen MR) is 92.8 cm³/mol. The first-order valence-corrected chi connectivity index (χ1v) is 7.88. The molecule has 138 valence electrons. The fourth-order valence-electron chi connectivity index (χ4n) is 2.26. The second kappa shape index (κ2) is 7.95. The van der Waals surface area contributed by atoms with Crippen LogP contribution in [0.4, 0.5) is 0 Å². The van der Waals surface area contributed by atoms with Gasteiger partial charge in [-0.2, -0.15) is 0 Å². The Morgan fingerprint density at radius 1 is 1.04 bits per heavy atom. The van der Waals surface area contributed by atoms with Crippen molar-refractivity contribution < 1.29 is 18.8 Å². The number of nitrogens with zero attached hydrogens (tertiary/aromatic N) is 2. The number of benzene rings is 1. The zero-order chi connectivity index (χ0) is 19.2. The maximum absolute atomic E-state index is 12.3. The maximum atomic E-state index is 12.3. The van der Waals surface area contributed by atoms with Crippen LogP contribution in [0.1, 0.15) is 5.76 Å². The number of para-hydroxylation sites is 1. The van der Waals surface area contributed by atoms with E-state index in [1.165, 1.54) is 12.6 Å². The molecule has 2 aromatic heterocycles. The second-order valence-corrected chi connectivity index (χ2v) is 5.46. The fourth-order valence-corrected chi connectivity index (χ4v) is 2.26. The predicted octanol–water partition coefficient (Wildman–Crippen LogP) is -0.547. The molecule has 27 heavy (non-hydrogen) atoms. The fraction of sp³-hybridized carbons (Fsp3) is 0.118. The molecule has 0 aliphatic rings. The quantitative estimate of drug-likeness (QED) is 0.417. The van der Waals surface area contributed by atoms with Crippen molar-refractivity contribution in [3.63, 3.8) is 0 Å². The Morgan fingerprint density at radius 3 is 2.63 bits per heavy atom. The summed E-state index contributed by atoms with van der Waals surface area (Å²) in [5.74, 6) is -2.22. The van der Waals surface area contributed by atoms with E-state index in [0.717, 1.165) is 4.57 Å². The topological polar surface area (TPSA) is 135 Å². The average Bonchev–Trinajstić information content (AvgIpc) is 3.20. The molecule has 3 aromatic rings. The van der Waals surface area contributed by atoms with Gasteiger partial charge in [-0.25, -0.2) is 4.98 Å². The molecule has 3 rings (SSSR count). The van der Waals surface area contributed by atoms with E-state index in [9.17, 15) is 19.2 Å². The highest BCUT2D eigenvalue weighted by Crippen LogP contribution is 2.04. The lowest BCUT2D eigenvalue weighted by Crippen LogP contribution is -2.49. The van der Waals surface area contributed by atoms with Crippen LogP contribution in [0.15, 0.2) is 58.2 Å². The second-order valence-electron chi connectivity index (χ2n) is 5.46. The molecule has 3 N–H and O–H groups in total. The number of fused-ring (bicyclic) bond motifs is 1. The van der Waals surface area contributed by atoms with Crippen LogP contribution in [0.5, 0.6) is 0 Å². The van der Waals surface area contributed by atoms with Gasteiger partial charge in [0, 0.05) is 0 Å². The Hall–Kier alpha value is -3.95. The Balaban J connectivity index is 1.52. The van der Waals surface area contributed by atoms with E-state index >= 15 is 0 Å². The number of amides is 3. The lowest BCUT2D eigenvalue weighted by atomic mass is 10.2. The van der Waals surface area contributed by atoms with Gasteiger partial charge in [0.2, 0.25) is 0 Å². The Morgan fingerprint density at radius 2 is 1.85 bits per heavy atom. The molecular weight excluding hydrogens is 354 g/mol. The monoisotopic (exact) mass is 369 g/mol. The number of aromatic nitrogens is 2. The van der Waals surface area contributed by atoms with Gasteiger partial charge in [0.1, 0.15) is 12.3 Å². The molecule has 2 heterocycles. The van der Waals surface area contributed by atoms with Crippen molar-refractivity contribution in [2.75, 3.05) is 0 Å². The number of carbonyl (C=O) groups is 3. The third-order valence-corrected chi connectivity index (χ3v) is 3.57. The van der Waals surface area contributed by atoms with E-state index in [0.29, 0.717) is 16.7 Å². The summed E-state index contributed by atoms with van der Waals surface area (Å²) in [4.78, 5) is 51.6. The molecule has 0 fully saturated rings. The van der Waals surface area contributed by atoms with Crippen molar-refractivity contribution >= 4 is 28.6 Å². The summed E-state index contributed by atoms with van der Waals surface area (Å²) in [6, 6.07) is 10.0. The molecule has 0 aliphatic carbocycles. The zero-order valence-corrected chi connectivity index (χ0v) is 14.0. The molecule has 0 spiro atoms. The number of carbonyl (C=O) groups excluding carboxylic acids is 3. The summed E-state index contributed by atoms with van der Waals surface area (Å²) >= 11 is 0. The minimum absolute atomic E-state index is 0.0331. The van der Waals surface area contributed by atoms with Gasteiger partial charge in [-0.3, -0.25) is 34.6 Å². The standard InChI is InChI=1S/C17H15N5O5/c23-14(9-22-10-19-13-6-2-1-5-12(13)17(22)26)20-21-16(25)15(24)18-8-11-4-3-7-27-11/h1-7,10H,8-9H2,(H,18,24)(H,20,23)(H,21,25). The molecule has 1 aromatic carbocycles. The van der Waals surface area contributed by atoms with E-state index in [-0.39, 0.29) is 13.1 Å². The highest BCUT2D eigenvalue weighted by atomic mass is 16.3. The van der Waals surface area contributed by atoms with Gasteiger partial charge < -0.3 is 9.73 Å². The third kappa shape index (κ3) is 4.37. The van der Waals surface area contributed by atoms with Crippen molar-refractivity contribution in [2.45, 2.75) is 13.1 Å². The van der Waals surface area contributed by atoms with Crippen LogP contribution >= 0.6 is 0 Å². The summed E-state index contributed by atoms with van der Waals surface area (Å²) in [5.41, 5.74) is 4.17. The smallest absolute Gasteiger partial charge is 0.327 e. The maximum Gasteiger partial charge on any atom is 0.327 e. The third-order valence-electron chi connectivity index (χ3n) is 3.57. The highest BCUT2D eigenvalue weighted by Gasteiger charge is 2.15. The van der Waals surface area contributed by atoms with Crippen molar-refractivity contribution in [3.8, 4) is 0 Å². The number of hydrogen-bond donors (Lipinski definition) is 3. The number of rotatable bonds is 4. The normalized spacial score (nSPS) is 10.4. The lowest BCUT2D eigenvalue weighted by molar-refractivity contribution is -0.141. The van der Waals surface area contributed by atoms with Crippen LogP contribution in [0.25, 0.3) is 10.9 Å². The molecule has 10 nitrogen and oxygen atoms in total. The van der Waals surface area contributed by atoms with Crippen molar-refractivity contribution in [3.05, 3.63) is 65.1 Å². The van der Waals surface area contributed by atoms with Crippen LogP contribution in [0.3, 0.4) is 0 Å². The van der Waals surface area contributed by atoms with Crippen LogP contribution in [0, 0.1) is 0 Å². The Kier molecular flexibility index (Phi) is 5.26. The number of hydrogen-bond acceptors (Lipinski definition) is 6. The van der Waals surface area contributed by atoms with Crippen molar-refractivity contribution in [2.24, 2.45) is 0 Å². The molecule has 0 unspecified atom stereocenters. The minimum atomic E-state index is -1.06. The number of nitrogens with one attached hydrogen (secondary N) is 3. The zero-order valence-electron chi connectivity index (χ0n) is 14.0. The van der Waals surface area contributed by atoms with E-state index in [1.807, 2.05) is 5.43 Å². The van der Waals surface area contributed by atoms with Crippen molar-refractivity contribution in [1.82, 2.24) is 25.7 Å². The van der Waals surface area contributed by atoms with E-state index in [2.05, 4.69) is 15.7 Å². The van der Waals surface area contributed by atoms with Gasteiger partial charge in [0.15, 0.2) is 0 Å². The van der Waals surface area contributed by atoms with Gasteiger partial charge in [-0.15, -0.1) is 0 Å². The van der Waals surface area contributed by atoms with Gasteiger partial charge >= 0.3 is 11.8 Å². The molecule has 0 atom stereocenters.